The van der Waals surface area contributed by atoms with Crippen molar-refractivity contribution in [1.82, 2.24) is 20.6 Å². The van der Waals surface area contributed by atoms with Gasteiger partial charge in [-0.3, -0.25) is 9.97 Å². The van der Waals surface area contributed by atoms with Crippen LogP contribution in [-0.2, 0) is 6.54 Å². The minimum absolute atomic E-state index is 0.557. The standard InChI is InChI=1S/C24H32N4/c1-4-6-21(25-3)8-5-7-20-15-18(2)9-11-22(20)28-17-19-10-12-23-24(16-19)27-14-13-26-23/h5,7,10-16,18,21,25,28H,4,6,8-9,17H2,1-3H3/b7-5+. The summed E-state index contributed by atoms with van der Waals surface area (Å²) in [7, 11) is 2.05. The lowest BCUT2D eigenvalue weighted by Crippen LogP contribution is -2.24. The highest BCUT2D eigenvalue weighted by Crippen LogP contribution is 2.23. The Labute approximate surface area is 168 Å². The molecule has 0 aliphatic heterocycles. The highest BCUT2D eigenvalue weighted by Gasteiger charge is 2.11. The van der Waals surface area contributed by atoms with Gasteiger partial charge in [0, 0.05) is 30.7 Å². The Bertz CT molecular complexity index is 866. The zero-order valence-electron chi connectivity index (χ0n) is 17.3. The minimum atomic E-state index is 0.557. The fraction of sp³-hybridized carbons (Fsp3) is 0.417. The van der Waals surface area contributed by atoms with Crippen molar-refractivity contribution in [1.29, 1.82) is 0 Å². The molecule has 1 aliphatic rings. The van der Waals surface area contributed by atoms with E-state index in [-0.39, 0.29) is 0 Å². The van der Waals surface area contributed by atoms with Crippen molar-refractivity contribution in [2.75, 3.05) is 7.05 Å². The topological polar surface area (TPSA) is 49.8 Å². The first-order chi connectivity index (χ1) is 13.7. The number of allylic oxidation sites excluding steroid dienone is 3. The third kappa shape index (κ3) is 5.52. The van der Waals surface area contributed by atoms with Crippen molar-refractivity contribution in [2.24, 2.45) is 5.92 Å². The number of hydrogen-bond donors (Lipinski definition) is 2. The van der Waals surface area contributed by atoms with E-state index in [1.165, 1.54) is 29.7 Å². The average molecular weight is 377 g/mol. The summed E-state index contributed by atoms with van der Waals surface area (Å²) in [5, 5.41) is 7.04. The van der Waals surface area contributed by atoms with Crippen LogP contribution in [0.25, 0.3) is 11.0 Å². The Balaban J connectivity index is 1.64. The fourth-order valence-electron chi connectivity index (χ4n) is 3.61. The number of rotatable bonds is 9. The van der Waals surface area contributed by atoms with Gasteiger partial charge in [0.05, 0.1) is 11.0 Å². The molecule has 0 saturated heterocycles. The van der Waals surface area contributed by atoms with Gasteiger partial charge in [-0.15, -0.1) is 0 Å². The van der Waals surface area contributed by atoms with Crippen molar-refractivity contribution < 1.29 is 0 Å². The summed E-state index contributed by atoms with van der Waals surface area (Å²) in [6.07, 6.45) is 17.3. The zero-order chi connectivity index (χ0) is 19.8. The maximum absolute atomic E-state index is 4.41. The molecule has 1 heterocycles. The van der Waals surface area contributed by atoms with Crippen LogP contribution in [0.1, 0.15) is 45.1 Å². The number of nitrogens with one attached hydrogen (secondary N) is 2. The maximum atomic E-state index is 4.41. The molecule has 4 heteroatoms. The van der Waals surface area contributed by atoms with Gasteiger partial charge < -0.3 is 10.6 Å². The Morgan fingerprint density at radius 2 is 2.04 bits per heavy atom. The third-order valence-corrected chi connectivity index (χ3v) is 5.25. The number of fused-ring (bicyclic) bond motifs is 1. The highest BCUT2D eigenvalue weighted by atomic mass is 14.9. The molecule has 0 spiro atoms. The number of hydrogen-bond acceptors (Lipinski definition) is 4. The molecule has 0 bridgehead atoms. The van der Waals surface area contributed by atoms with Crippen LogP contribution in [0.4, 0.5) is 0 Å². The van der Waals surface area contributed by atoms with Gasteiger partial charge in [0.15, 0.2) is 0 Å². The van der Waals surface area contributed by atoms with Crippen LogP contribution in [0, 0.1) is 5.92 Å². The minimum Gasteiger partial charge on any atom is -0.381 e. The van der Waals surface area contributed by atoms with Gasteiger partial charge in [-0.1, -0.05) is 50.6 Å². The second-order valence-electron chi connectivity index (χ2n) is 7.60. The average Bonchev–Trinajstić information content (AvgIpc) is 2.72. The first kappa shape index (κ1) is 20.3. The summed E-state index contributed by atoms with van der Waals surface area (Å²) in [6, 6.07) is 6.83. The van der Waals surface area contributed by atoms with Gasteiger partial charge in [-0.05, 0) is 55.5 Å². The normalized spacial score (nSPS) is 18.2. The van der Waals surface area contributed by atoms with Crippen molar-refractivity contribution >= 4 is 11.0 Å². The van der Waals surface area contributed by atoms with Gasteiger partial charge in [-0.25, -0.2) is 0 Å². The molecule has 0 amide bonds. The molecule has 28 heavy (non-hydrogen) atoms. The lowest BCUT2D eigenvalue weighted by molar-refractivity contribution is 0.521. The lowest BCUT2D eigenvalue weighted by Gasteiger charge is -2.20. The molecule has 148 valence electrons. The van der Waals surface area contributed by atoms with Crippen LogP contribution < -0.4 is 10.6 Å². The van der Waals surface area contributed by atoms with Crippen molar-refractivity contribution in [3.63, 3.8) is 0 Å². The summed E-state index contributed by atoms with van der Waals surface area (Å²) in [4.78, 5) is 8.75. The first-order valence-corrected chi connectivity index (χ1v) is 10.4. The van der Waals surface area contributed by atoms with E-state index in [1.54, 1.807) is 12.4 Å². The van der Waals surface area contributed by atoms with E-state index in [1.807, 2.05) is 6.07 Å². The Morgan fingerprint density at radius 3 is 2.82 bits per heavy atom. The summed E-state index contributed by atoms with van der Waals surface area (Å²) < 4.78 is 0. The SMILES string of the molecule is CCCC(C/C=C/C1=CC(C)CC=C1NCc1ccc2nccnc2c1)NC. The number of nitrogens with zero attached hydrogens (tertiary/aromatic N) is 2. The molecule has 2 unspecified atom stereocenters. The second-order valence-corrected chi connectivity index (χ2v) is 7.60. The van der Waals surface area contributed by atoms with E-state index >= 15 is 0 Å². The molecular formula is C24H32N4. The fourth-order valence-corrected chi connectivity index (χ4v) is 3.61. The van der Waals surface area contributed by atoms with E-state index in [4.69, 9.17) is 0 Å². The zero-order valence-corrected chi connectivity index (χ0v) is 17.3. The van der Waals surface area contributed by atoms with Crippen molar-refractivity contribution in [2.45, 2.75) is 52.1 Å². The van der Waals surface area contributed by atoms with Gasteiger partial charge in [-0.2, -0.15) is 0 Å². The molecule has 2 N–H and O–H groups in total. The Kier molecular flexibility index (Phi) is 7.38. The summed E-state index contributed by atoms with van der Waals surface area (Å²) in [5.41, 5.74) is 5.62. The first-order valence-electron chi connectivity index (χ1n) is 10.4. The van der Waals surface area contributed by atoms with E-state index < -0.39 is 0 Å². The number of aromatic nitrogens is 2. The smallest absolute Gasteiger partial charge is 0.0890 e. The maximum Gasteiger partial charge on any atom is 0.0890 e. The van der Waals surface area contributed by atoms with Crippen LogP contribution in [0.2, 0.25) is 0 Å². The van der Waals surface area contributed by atoms with Crippen LogP contribution in [0.5, 0.6) is 0 Å². The lowest BCUT2D eigenvalue weighted by atomic mass is 9.94. The van der Waals surface area contributed by atoms with E-state index in [0.717, 1.165) is 30.4 Å². The highest BCUT2D eigenvalue weighted by molar-refractivity contribution is 5.74. The predicted molar refractivity (Wildman–Crippen MR) is 118 cm³/mol. The molecule has 1 aromatic carbocycles. The molecule has 0 radical (unpaired) electrons. The van der Waals surface area contributed by atoms with E-state index in [9.17, 15) is 0 Å². The predicted octanol–water partition coefficient (Wildman–Crippen LogP) is 4.90. The molecule has 1 aliphatic carbocycles. The van der Waals surface area contributed by atoms with Crippen LogP contribution in [0.15, 0.2) is 66.2 Å². The molecule has 0 fully saturated rings. The van der Waals surface area contributed by atoms with Gasteiger partial charge >= 0.3 is 0 Å². The van der Waals surface area contributed by atoms with Gasteiger partial charge in [0.1, 0.15) is 0 Å². The van der Waals surface area contributed by atoms with Gasteiger partial charge in [0.2, 0.25) is 0 Å². The molecule has 0 saturated carbocycles. The Morgan fingerprint density at radius 1 is 1.21 bits per heavy atom. The van der Waals surface area contributed by atoms with Crippen LogP contribution >= 0.6 is 0 Å². The van der Waals surface area contributed by atoms with Crippen molar-refractivity contribution in [3.8, 4) is 0 Å². The van der Waals surface area contributed by atoms with Crippen LogP contribution in [0.3, 0.4) is 0 Å². The molecule has 1 aromatic heterocycles. The van der Waals surface area contributed by atoms with Gasteiger partial charge in [0.25, 0.3) is 0 Å². The largest absolute Gasteiger partial charge is 0.381 e. The summed E-state index contributed by atoms with van der Waals surface area (Å²) in [5.74, 6) is 0.580. The van der Waals surface area contributed by atoms with E-state index in [2.05, 4.69) is 77.9 Å². The number of benzene rings is 1. The molecule has 3 rings (SSSR count). The molecule has 2 atom stereocenters. The second kappa shape index (κ2) is 10.2. The molecule has 2 aromatic rings. The summed E-state index contributed by atoms with van der Waals surface area (Å²) >= 11 is 0. The van der Waals surface area contributed by atoms with E-state index in [0.29, 0.717) is 12.0 Å². The van der Waals surface area contributed by atoms with Crippen LogP contribution in [-0.4, -0.2) is 23.1 Å². The van der Waals surface area contributed by atoms with Crippen molar-refractivity contribution in [3.05, 3.63) is 71.7 Å². The molecule has 4 nitrogen and oxygen atoms in total. The third-order valence-electron chi connectivity index (χ3n) is 5.25. The quantitative estimate of drug-likeness (QED) is 0.653. The Hall–Kier alpha value is -2.46. The monoisotopic (exact) mass is 376 g/mol. The summed E-state index contributed by atoms with van der Waals surface area (Å²) in [6.45, 7) is 5.30. The molecular weight excluding hydrogens is 344 g/mol.